The van der Waals surface area contributed by atoms with Crippen molar-refractivity contribution in [2.45, 2.75) is 33.1 Å². The first kappa shape index (κ1) is 10.9. The van der Waals surface area contributed by atoms with E-state index in [1.807, 2.05) is 18.2 Å². The first-order valence-electron chi connectivity index (χ1n) is 5.92. The van der Waals surface area contributed by atoms with Crippen molar-refractivity contribution < 1.29 is 0 Å². The maximum Gasteiger partial charge on any atom is 0.137 e. The summed E-state index contributed by atoms with van der Waals surface area (Å²) in [4.78, 5) is 8.00. The Kier molecular flexibility index (Phi) is 3.40. The van der Waals surface area contributed by atoms with E-state index in [1.54, 1.807) is 0 Å². The summed E-state index contributed by atoms with van der Waals surface area (Å²) in [5, 5.41) is 0. The molecule has 0 unspecified atom stereocenters. The number of unbranched alkanes of at least 4 members (excludes halogenated alkanes) is 1. The zero-order valence-electron chi connectivity index (χ0n) is 9.96. The zero-order valence-corrected chi connectivity index (χ0v) is 9.96. The van der Waals surface area contributed by atoms with Crippen LogP contribution in [0, 0.1) is 6.92 Å². The fraction of sp³-hybridized carbons (Fsp3) is 0.357. The third kappa shape index (κ3) is 2.32. The van der Waals surface area contributed by atoms with Crippen molar-refractivity contribution in [2.24, 2.45) is 0 Å². The van der Waals surface area contributed by atoms with Gasteiger partial charge >= 0.3 is 0 Å². The van der Waals surface area contributed by atoms with Crippen LogP contribution in [0.25, 0.3) is 11.4 Å². The van der Waals surface area contributed by atoms with Gasteiger partial charge in [-0.2, -0.15) is 0 Å². The Bertz CT molecular complexity index is 443. The van der Waals surface area contributed by atoms with Crippen LogP contribution in [0.3, 0.4) is 0 Å². The highest BCUT2D eigenvalue weighted by molar-refractivity contribution is 5.55. The van der Waals surface area contributed by atoms with E-state index in [1.165, 1.54) is 18.5 Å². The number of hydrogen-bond acceptors (Lipinski definition) is 1. The monoisotopic (exact) mass is 214 g/mol. The van der Waals surface area contributed by atoms with Crippen LogP contribution in [0.2, 0.25) is 0 Å². The van der Waals surface area contributed by atoms with Gasteiger partial charge in [-0.3, -0.25) is 0 Å². The Morgan fingerprint density at radius 1 is 1.19 bits per heavy atom. The maximum absolute atomic E-state index is 4.58. The van der Waals surface area contributed by atoms with Gasteiger partial charge in [0, 0.05) is 11.3 Å². The summed E-state index contributed by atoms with van der Waals surface area (Å²) in [6.45, 7) is 4.29. The molecule has 0 aliphatic rings. The Labute approximate surface area is 96.7 Å². The quantitative estimate of drug-likeness (QED) is 0.825. The second-order valence-electron chi connectivity index (χ2n) is 4.12. The van der Waals surface area contributed by atoms with Crippen molar-refractivity contribution in [3.05, 3.63) is 41.7 Å². The van der Waals surface area contributed by atoms with Crippen molar-refractivity contribution in [3.63, 3.8) is 0 Å². The summed E-state index contributed by atoms with van der Waals surface area (Å²) >= 11 is 0. The van der Waals surface area contributed by atoms with Crippen LogP contribution >= 0.6 is 0 Å². The SMILES string of the molecule is CCCCc1[nH]c(-c2ccccc2)nc1C. The maximum atomic E-state index is 4.58. The minimum Gasteiger partial charge on any atom is -0.342 e. The minimum absolute atomic E-state index is 0.990. The number of aryl methyl sites for hydroxylation is 2. The molecular weight excluding hydrogens is 196 g/mol. The largest absolute Gasteiger partial charge is 0.342 e. The van der Waals surface area contributed by atoms with E-state index in [0.29, 0.717) is 0 Å². The van der Waals surface area contributed by atoms with Gasteiger partial charge in [-0.1, -0.05) is 43.7 Å². The number of nitrogens with zero attached hydrogens (tertiary/aromatic N) is 1. The van der Waals surface area contributed by atoms with Gasteiger partial charge in [0.15, 0.2) is 0 Å². The summed E-state index contributed by atoms with van der Waals surface area (Å²) in [7, 11) is 0. The van der Waals surface area contributed by atoms with Crippen LogP contribution in [-0.2, 0) is 6.42 Å². The molecule has 2 heteroatoms. The molecule has 16 heavy (non-hydrogen) atoms. The molecule has 0 radical (unpaired) electrons. The van der Waals surface area contributed by atoms with Gasteiger partial charge in [-0.15, -0.1) is 0 Å². The van der Waals surface area contributed by atoms with Crippen LogP contribution in [0.15, 0.2) is 30.3 Å². The molecule has 2 aromatic rings. The Hall–Kier alpha value is -1.57. The normalized spacial score (nSPS) is 10.6. The number of H-pyrrole nitrogens is 1. The van der Waals surface area contributed by atoms with Crippen molar-refractivity contribution in [1.29, 1.82) is 0 Å². The molecule has 84 valence electrons. The highest BCUT2D eigenvalue weighted by Crippen LogP contribution is 2.18. The van der Waals surface area contributed by atoms with Gasteiger partial charge in [0.25, 0.3) is 0 Å². The summed E-state index contributed by atoms with van der Waals surface area (Å²) in [6.07, 6.45) is 3.54. The van der Waals surface area contributed by atoms with Gasteiger partial charge in [0.2, 0.25) is 0 Å². The van der Waals surface area contributed by atoms with E-state index < -0.39 is 0 Å². The number of benzene rings is 1. The van der Waals surface area contributed by atoms with E-state index in [9.17, 15) is 0 Å². The molecule has 0 amide bonds. The first-order valence-corrected chi connectivity index (χ1v) is 5.92. The van der Waals surface area contributed by atoms with Gasteiger partial charge in [0.1, 0.15) is 5.82 Å². The fourth-order valence-electron chi connectivity index (χ4n) is 1.83. The van der Waals surface area contributed by atoms with Gasteiger partial charge in [-0.25, -0.2) is 4.98 Å². The summed E-state index contributed by atoms with van der Waals surface area (Å²) in [5.74, 6) is 0.990. The van der Waals surface area contributed by atoms with E-state index in [4.69, 9.17) is 0 Å². The molecule has 0 spiro atoms. The molecule has 0 aliphatic heterocycles. The molecule has 1 N–H and O–H groups in total. The Balaban J connectivity index is 2.24. The second kappa shape index (κ2) is 4.97. The molecule has 0 aliphatic carbocycles. The first-order chi connectivity index (χ1) is 7.81. The van der Waals surface area contributed by atoms with E-state index in [-0.39, 0.29) is 0 Å². The smallest absolute Gasteiger partial charge is 0.137 e. The molecule has 2 rings (SSSR count). The second-order valence-corrected chi connectivity index (χ2v) is 4.12. The molecule has 2 nitrogen and oxygen atoms in total. The van der Waals surface area contributed by atoms with Crippen molar-refractivity contribution >= 4 is 0 Å². The zero-order chi connectivity index (χ0) is 11.4. The number of rotatable bonds is 4. The van der Waals surface area contributed by atoms with Gasteiger partial charge < -0.3 is 4.98 Å². The van der Waals surface area contributed by atoms with E-state index in [2.05, 4.69) is 35.9 Å². The van der Waals surface area contributed by atoms with Crippen molar-refractivity contribution in [1.82, 2.24) is 9.97 Å². The molecule has 0 bridgehead atoms. The molecule has 1 heterocycles. The molecule has 0 atom stereocenters. The summed E-state index contributed by atoms with van der Waals surface area (Å²) in [5.41, 5.74) is 3.57. The van der Waals surface area contributed by atoms with Crippen molar-refractivity contribution in [3.8, 4) is 11.4 Å². The van der Waals surface area contributed by atoms with Gasteiger partial charge in [-0.05, 0) is 19.8 Å². The van der Waals surface area contributed by atoms with Gasteiger partial charge in [0.05, 0.1) is 5.69 Å². The molecule has 0 saturated carbocycles. The number of aromatic nitrogens is 2. The van der Waals surface area contributed by atoms with Crippen LogP contribution in [0.4, 0.5) is 0 Å². The Morgan fingerprint density at radius 2 is 1.94 bits per heavy atom. The third-order valence-electron chi connectivity index (χ3n) is 2.81. The lowest BCUT2D eigenvalue weighted by Gasteiger charge is -1.96. The summed E-state index contributed by atoms with van der Waals surface area (Å²) in [6, 6.07) is 10.3. The van der Waals surface area contributed by atoms with Crippen LogP contribution < -0.4 is 0 Å². The molecule has 0 fully saturated rings. The van der Waals surface area contributed by atoms with Crippen LogP contribution in [-0.4, -0.2) is 9.97 Å². The molecular formula is C14H18N2. The highest BCUT2D eigenvalue weighted by atomic mass is 14.9. The number of nitrogens with one attached hydrogen (secondary N) is 1. The lowest BCUT2D eigenvalue weighted by Crippen LogP contribution is -1.87. The van der Waals surface area contributed by atoms with Crippen LogP contribution in [0.5, 0.6) is 0 Å². The number of imidazole rings is 1. The molecule has 0 saturated heterocycles. The lowest BCUT2D eigenvalue weighted by atomic mass is 10.2. The highest BCUT2D eigenvalue weighted by Gasteiger charge is 2.06. The summed E-state index contributed by atoms with van der Waals surface area (Å²) < 4.78 is 0. The molecule has 1 aromatic heterocycles. The predicted molar refractivity (Wildman–Crippen MR) is 67.4 cm³/mol. The number of hydrogen-bond donors (Lipinski definition) is 1. The average molecular weight is 214 g/mol. The fourth-order valence-corrected chi connectivity index (χ4v) is 1.83. The third-order valence-corrected chi connectivity index (χ3v) is 2.81. The van der Waals surface area contributed by atoms with E-state index in [0.717, 1.165) is 23.5 Å². The standard InChI is InChI=1S/C14H18N2/c1-3-4-10-13-11(2)15-14(16-13)12-8-6-5-7-9-12/h5-9H,3-4,10H2,1-2H3,(H,15,16). The predicted octanol–water partition coefficient (Wildman–Crippen LogP) is 3.73. The minimum atomic E-state index is 0.990. The average Bonchev–Trinajstić information content (AvgIpc) is 2.69. The Morgan fingerprint density at radius 3 is 2.62 bits per heavy atom. The topological polar surface area (TPSA) is 28.7 Å². The van der Waals surface area contributed by atoms with Crippen molar-refractivity contribution in [2.75, 3.05) is 0 Å². The number of aromatic amines is 1. The van der Waals surface area contributed by atoms with E-state index >= 15 is 0 Å². The molecule has 1 aromatic carbocycles. The lowest BCUT2D eigenvalue weighted by molar-refractivity contribution is 0.776. The van der Waals surface area contributed by atoms with Crippen LogP contribution in [0.1, 0.15) is 31.2 Å².